The summed E-state index contributed by atoms with van der Waals surface area (Å²) in [6.07, 6.45) is 0. The van der Waals surface area contributed by atoms with E-state index in [0.29, 0.717) is 12.1 Å². The van der Waals surface area contributed by atoms with Crippen molar-refractivity contribution >= 4 is 17.6 Å². The Bertz CT molecular complexity index is 661. The van der Waals surface area contributed by atoms with Gasteiger partial charge in [0.25, 0.3) is 11.8 Å². The highest BCUT2D eigenvalue weighted by molar-refractivity contribution is 6.08. The molecule has 7 heteroatoms. The molecule has 3 N–H and O–H groups in total. The van der Waals surface area contributed by atoms with Crippen LogP contribution in [0.5, 0.6) is 0 Å². The number of aromatic nitrogens is 3. The van der Waals surface area contributed by atoms with E-state index in [1.165, 1.54) is 4.68 Å². The fourth-order valence-corrected chi connectivity index (χ4v) is 1.93. The van der Waals surface area contributed by atoms with Crippen molar-refractivity contribution < 1.29 is 9.59 Å². The summed E-state index contributed by atoms with van der Waals surface area (Å²) in [6.45, 7) is 0.366. The van der Waals surface area contributed by atoms with Crippen LogP contribution in [0.1, 0.15) is 26.4 Å². The number of nitrogens with zero attached hydrogens (tertiary/aromatic N) is 3. The first-order valence-corrected chi connectivity index (χ1v) is 5.29. The van der Waals surface area contributed by atoms with Gasteiger partial charge < -0.3 is 11.1 Å². The number of fused-ring (bicyclic) bond motifs is 2. The molecule has 0 bridgehead atoms. The number of primary amides is 1. The van der Waals surface area contributed by atoms with Crippen LogP contribution in [0.2, 0.25) is 0 Å². The number of hydrogen-bond acceptors (Lipinski definition) is 4. The van der Waals surface area contributed by atoms with Gasteiger partial charge >= 0.3 is 0 Å². The van der Waals surface area contributed by atoms with Crippen molar-refractivity contribution in [3.63, 3.8) is 0 Å². The predicted octanol–water partition coefficient (Wildman–Crippen LogP) is -0.00900. The Hall–Kier alpha value is -2.70. The molecular formula is C11H9N5O2. The van der Waals surface area contributed by atoms with E-state index in [0.717, 1.165) is 5.56 Å². The number of nitrogens with two attached hydrogens (primary N) is 1. The molecule has 0 aliphatic carbocycles. The van der Waals surface area contributed by atoms with Crippen LogP contribution < -0.4 is 11.1 Å². The fourth-order valence-electron chi connectivity index (χ4n) is 1.93. The molecule has 7 nitrogen and oxygen atoms in total. The first-order chi connectivity index (χ1) is 8.66. The van der Waals surface area contributed by atoms with Gasteiger partial charge in [0.1, 0.15) is 0 Å². The zero-order chi connectivity index (χ0) is 12.7. The van der Waals surface area contributed by atoms with Crippen LogP contribution in [0.15, 0.2) is 24.3 Å². The maximum Gasteiger partial charge on any atom is 0.273 e. The molecule has 1 aromatic heterocycles. The first-order valence-electron chi connectivity index (χ1n) is 5.29. The molecule has 1 aliphatic rings. The minimum absolute atomic E-state index is 0.0313. The van der Waals surface area contributed by atoms with E-state index in [2.05, 4.69) is 15.6 Å². The molecule has 0 saturated heterocycles. The Morgan fingerprint density at radius 3 is 2.94 bits per heavy atom. The molecule has 2 amide bonds. The Labute approximate surface area is 102 Å². The van der Waals surface area contributed by atoms with Crippen LogP contribution in [0.4, 0.5) is 5.82 Å². The molecular weight excluding hydrogens is 234 g/mol. The minimum atomic E-state index is -0.720. The summed E-state index contributed by atoms with van der Waals surface area (Å²) in [6, 6.07) is 7.16. The lowest BCUT2D eigenvalue weighted by atomic mass is 10.1. The Morgan fingerprint density at radius 1 is 1.39 bits per heavy atom. The van der Waals surface area contributed by atoms with Crippen LogP contribution >= 0.6 is 0 Å². The average molecular weight is 243 g/mol. The van der Waals surface area contributed by atoms with E-state index in [1.54, 1.807) is 12.1 Å². The van der Waals surface area contributed by atoms with E-state index in [9.17, 15) is 9.59 Å². The van der Waals surface area contributed by atoms with Gasteiger partial charge in [0.15, 0.2) is 11.5 Å². The van der Waals surface area contributed by atoms with Gasteiger partial charge in [-0.2, -0.15) is 0 Å². The second-order valence-electron chi connectivity index (χ2n) is 3.92. The van der Waals surface area contributed by atoms with Gasteiger partial charge in [0, 0.05) is 5.56 Å². The molecule has 0 spiro atoms. The van der Waals surface area contributed by atoms with Gasteiger partial charge in [-0.3, -0.25) is 9.59 Å². The fraction of sp³-hybridized carbons (Fsp3) is 0.0909. The normalized spacial score (nSPS) is 13.2. The smallest absolute Gasteiger partial charge is 0.273 e. The van der Waals surface area contributed by atoms with Gasteiger partial charge in [-0.15, -0.1) is 5.10 Å². The van der Waals surface area contributed by atoms with Gasteiger partial charge in [0.2, 0.25) is 0 Å². The van der Waals surface area contributed by atoms with E-state index in [1.807, 2.05) is 12.1 Å². The zero-order valence-corrected chi connectivity index (χ0v) is 9.25. The Kier molecular flexibility index (Phi) is 2.12. The van der Waals surface area contributed by atoms with Crippen LogP contribution in [-0.2, 0) is 6.54 Å². The summed E-state index contributed by atoms with van der Waals surface area (Å²) in [5, 5.41) is 10.1. The van der Waals surface area contributed by atoms with Crippen molar-refractivity contribution in [2.24, 2.45) is 5.73 Å². The van der Waals surface area contributed by atoms with Crippen LogP contribution in [-0.4, -0.2) is 26.8 Å². The lowest BCUT2D eigenvalue weighted by Crippen LogP contribution is -2.18. The number of anilines is 1. The summed E-state index contributed by atoms with van der Waals surface area (Å²) in [7, 11) is 0. The summed E-state index contributed by atoms with van der Waals surface area (Å²) in [5.41, 5.74) is 6.52. The Balaban J connectivity index is 2.16. The van der Waals surface area contributed by atoms with Crippen molar-refractivity contribution in [1.82, 2.24) is 15.0 Å². The third kappa shape index (κ3) is 1.45. The molecule has 3 rings (SSSR count). The lowest BCUT2D eigenvalue weighted by Gasteiger charge is -2.02. The molecule has 0 unspecified atom stereocenters. The number of carbonyl (C=O) groups is 2. The minimum Gasteiger partial charge on any atom is -0.364 e. The number of nitrogens with one attached hydrogen (secondary N) is 1. The molecule has 2 heterocycles. The molecule has 0 atom stereocenters. The van der Waals surface area contributed by atoms with E-state index < -0.39 is 5.91 Å². The molecule has 1 aromatic carbocycles. The number of benzene rings is 1. The largest absolute Gasteiger partial charge is 0.364 e. The second kappa shape index (κ2) is 3.66. The average Bonchev–Trinajstić information content (AvgIpc) is 2.67. The third-order valence-corrected chi connectivity index (χ3v) is 2.78. The van der Waals surface area contributed by atoms with Gasteiger partial charge in [0.05, 0.1) is 6.54 Å². The predicted molar refractivity (Wildman–Crippen MR) is 62.0 cm³/mol. The molecule has 90 valence electrons. The summed E-state index contributed by atoms with van der Waals surface area (Å²) < 4.78 is 1.45. The maximum atomic E-state index is 12.0. The lowest BCUT2D eigenvalue weighted by molar-refractivity contribution is 0.0996. The monoisotopic (exact) mass is 243 g/mol. The number of carbonyl (C=O) groups excluding carboxylic acids is 2. The van der Waals surface area contributed by atoms with Crippen molar-refractivity contribution in [1.29, 1.82) is 0 Å². The second-order valence-corrected chi connectivity index (χ2v) is 3.92. The highest BCUT2D eigenvalue weighted by Crippen LogP contribution is 2.21. The topological polar surface area (TPSA) is 103 Å². The standard InChI is InChI=1S/C11H9N5O2/c12-9(17)8-10-13-11(18)7-4-2-1-3-6(7)5-16(10)15-14-8/h1-4H,5H2,(H2,12,17)(H,13,18). The quantitative estimate of drug-likeness (QED) is 0.735. The molecule has 18 heavy (non-hydrogen) atoms. The Morgan fingerprint density at radius 2 is 2.17 bits per heavy atom. The molecule has 1 aliphatic heterocycles. The van der Waals surface area contributed by atoms with E-state index in [4.69, 9.17) is 5.73 Å². The number of hydrogen-bond donors (Lipinski definition) is 2. The van der Waals surface area contributed by atoms with Crippen molar-refractivity contribution in [2.75, 3.05) is 5.32 Å². The first kappa shape index (κ1) is 10.5. The van der Waals surface area contributed by atoms with Crippen LogP contribution in [0, 0.1) is 0 Å². The SMILES string of the molecule is NC(=O)c1nnn2c1NC(=O)c1ccccc1C2. The third-order valence-electron chi connectivity index (χ3n) is 2.78. The molecule has 0 fully saturated rings. The van der Waals surface area contributed by atoms with Gasteiger partial charge in [-0.05, 0) is 11.6 Å². The summed E-state index contributed by atoms with van der Waals surface area (Å²) in [4.78, 5) is 23.2. The molecule has 0 saturated carbocycles. The van der Waals surface area contributed by atoms with E-state index in [-0.39, 0.29) is 17.4 Å². The van der Waals surface area contributed by atoms with Crippen molar-refractivity contribution in [3.8, 4) is 0 Å². The zero-order valence-electron chi connectivity index (χ0n) is 9.25. The van der Waals surface area contributed by atoms with Crippen LogP contribution in [0.25, 0.3) is 0 Å². The summed E-state index contributed by atoms with van der Waals surface area (Å²) >= 11 is 0. The molecule has 2 aromatic rings. The maximum absolute atomic E-state index is 12.0. The number of rotatable bonds is 1. The summed E-state index contributed by atoms with van der Waals surface area (Å²) in [5.74, 6) is -0.777. The van der Waals surface area contributed by atoms with Crippen molar-refractivity contribution in [3.05, 3.63) is 41.1 Å². The van der Waals surface area contributed by atoms with E-state index >= 15 is 0 Å². The van der Waals surface area contributed by atoms with Gasteiger partial charge in [-0.1, -0.05) is 23.4 Å². The highest BCUT2D eigenvalue weighted by Gasteiger charge is 2.25. The van der Waals surface area contributed by atoms with Gasteiger partial charge in [-0.25, -0.2) is 4.68 Å². The van der Waals surface area contributed by atoms with Crippen LogP contribution in [0.3, 0.4) is 0 Å². The molecule has 0 radical (unpaired) electrons. The van der Waals surface area contributed by atoms with Crippen molar-refractivity contribution in [2.45, 2.75) is 6.54 Å². The highest BCUT2D eigenvalue weighted by atomic mass is 16.2. The number of amides is 2.